The number of anilines is 2. The lowest BCUT2D eigenvalue weighted by atomic mass is 9.68. The van der Waals surface area contributed by atoms with Crippen molar-refractivity contribution in [3.05, 3.63) is 22.7 Å². The molecule has 19 heavy (non-hydrogen) atoms. The third-order valence-electron chi connectivity index (χ3n) is 4.07. The molecule has 1 aromatic rings. The van der Waals surface area contributed by atoms with E-state index in [0.29, 0.717) is 5.69 Å². The molecule has 1 aromatic carbocycles. The third kappa shape index (κ3) is 3.30. The summed E-state index contributed by atoms with van der Waals surface area (Å²) in [6.07, 6.45) is 4.46. The summed E-state index contributed by atoms with van der Waals surface area (Å²) in [5.41, 5.74) is 7.26. The van der Waals surface area contributed by atoms with E-state index in [0.717, 1.165) is 29.4 Å². The van der Waals surface area contributed by atoms with E-state index >= 15 is 0 Å². The molecule has 1 fully saturated rings. The van der Waals surface area contributed by atoms with Gasteiger partial charge in [-0.15, -0.1) is 0 Å². The highest BCUT2D eigenvalue weighted by Gasteiger charge is 2.37. The smallest absolute Gasteiger partial charge is 0.228 e. The van der Waals surface area contributed by atoms with Gasteiger partial charge < -0.3 is 11.1 Å². The molecular weight excluding hydrogens is 304 g/mol. The Morgan fingerprint density at radius 1 is 1.42 bits per heavy atom. The average molecular weight is 325 g/mol. The van der Waals surface area contributed by atoms with Crippen LogP contribution in [0.5, 0.6) is 0 Å². The molecule has 4 heteroatoms. The lowest BCUT2D eigenvalue weighted by Crippen LogP contribution is -2.37. The van der Waals surface area contributed by atoms with Gasteiger partial charge in [-0.1, -0.05) is 26.7 Å². The highest BCUT2D eigenvalue weighted by atomic mass is 79.9. The van der Waals surface area contributed by atoms with Gasteiger partial charge in [0.1, 0.15) is 0 Å². The lowest BCUT2D eigenvalue weighted by Gasteiger charge is -2.37. The molecule has 0 heterocycles. The second-order valence-corrected chi connectivity index (χ2v) is 6.87. The maximum absolute atomic E-state index is 12.5. The fourth-order valence-corrected chi connectivity index (χ4v) is 3.33. The van der Waals surface area contributed by atoms with Crippen LogP contribution >= 0.6 is 15.9 Å². The van der Waals surface area contributed by atoms with Crippen LogP contribution in [0.2, 0.25) is 0 Å². The average Bonchev–Trinajstić information content (AvgIpc) is 2.32. The van der Waals surface area contributed by atoms with Gasteiger partial charge in [-0.2, -0.15) is 0 Å². The van der Waals surface area contributed by atoms with Gasteiger partial charge in [0.05, 0.1) is 5.69 Å². The normalized spacial score (nSPS) is 21.9. The minimum Gasteiger partial charge on any atom is -0.399 e. The maximum atomic E-state index is 12.5. The molecule has 0 aromatic heterocycles. The predicted molar refractivity (Wildman–Crippen MR) is 82.9 cm³/mol. The van der Waals surface area contributed by atoms with Crippen molar-refractivity contribution < 1.29 is 4.79 Å². The molecule has 3 N–H and O–H groups in total. The predicted octanol–water partition coefficient (Wildman–Crippen LogP) is 4.19. The first-order chi connectivity index (χ1) is 8.90. The van der Waals surface area contributed by atoms with Crippen molar-refractivity contribution in [2.24, 2.45) is 11.3 Å². The first kappa shape index (κ1) is 14.4. The summed E-state index contributed by atoms with van der Waals surface area (Å²) in [4.78, 5) is 12.5. The molecule has 0 saturated heterocycles. The molecule has 1 aliphatic rings. The van der Waals surface area contributed by atoms with Crippen LogP contribution in [0.3, 0.4) is 0 Å². The number of nitrogen functional groups attached to an aromatic ring is 1. The molecule has 1 aliphatic carbocycles. The third-order valence-corrected chi connectivity index (χ3v) is 4.73. The summed E-state index contributed by atoms with van der Waals surface area (Å²) in [5.74, 6) is 0.209. The topological polar surface area (TPSA) is 55.1 Å². The zero-order valence-corrected chi connectivity index (χ0v) is 13.1. The van der Waals surface area contributed by atoms with Gasteiger partial charge in [0, 0.05) is 16.1 Å². The Hall–Kier alpha value is -1.03. The van der Waals surface area contributed by atoms with Crippen LogP contribution in [-0.2, 0) is 4.79 Å². The zero-order chi connectivity index (χ0) is 14.0. The van der Waals surface area contributed by atoms with Gasteiger partial charge in [-0.05, 0) is 52.4 Å². The molecule has 3 nitrogen and oxygen atoms in total. The van der Waals surface area contributed by atoms with E-state index in [2.05, 4.69) is 35.1 Å². The summed E-state index contributed by atoms with van der Waals surface area (Å²) in [5, 5.41) is 3.02. The van der Waals surface area contributed by atoms with Gasteiger partial charge in [-0.3, -0.25) is 4.79 Å². The Balaban J connectivity index is 2.12. The summed E-state index contributed by atoms with van der Waals surface area (Å²) in [7, 11) is 0. The molecule has 1 atom stereocenters. The van der Waals surface area contributed by atoms with Crippen LogP contribution in [0.25, 0.3) is 0 Å². The van der Waals surface area contributed by atoms with E-state index in [4.69, 9.17) is 5.73 Å². The number of nitrogens with one attached hydrogen (secondary N) is 1. The molecule has 0 spiro atoms. The van der Waals surface area contributed by atoms with Crippen molar-refractivity contribution in [1.82, 2.24) is 0 Å². The number of carbonyl (C=O) groups is 1. The Bertz CT molecular complexity index is 485. The number of nitrogens with two attached hydrogens (primary N) is 1. The lowest BCUT2D eigenvalue weighted by molar-refractivity contribution is -0.124. The van der Waals surface area contributed by atoms with Gasteiger partial charge >= 0.3 is 0 Å². The van der Waals surface area contributed by atoms with Crippen LogP contribution in [0, 0.1) is 11.3 Å². The second-order valence-electron chi connectivity index (χ2n) is 6.02. The van der Waals surface area contributed by atoms with Gasteiger partial charge in [0.25, 0.3) is 0 Å². The number of amides is 1. The SMILES string of the molecule is CC1(C)CCCCC1C(=O)Nc1ccc(N)cc1Br. The highest BCUT2D eigenvalue weighted by molar-refractivity contribution is 9.10. The molecule has 0 bridgehead atoms. The maximum Gasteiger partial charge on any atom is 0.228 e. The minimum absolute atomic E-state index is 0.0859. The number of halogens is 1. The molecule has 1 saturated carbocycles. The summed E-state index contributed by atoms with van der Waals surface area (Å²) >= 11 is 3.43. The van der Waals surface area contributed by atoms with Crippen LogP contribution in [0.1, 0.15) is 39.5 Å². The molecule has 2 rings (SSSR count). The highest BCUT2D eigenvalue weighted by Crippen LogP contribution is 2.41. The largest absolute Gasteiger partial charge is 0.399 e. The molecule has 1 amide bonds. The van der Waals surface area contributed by atoms with Gasteiger partial charge in [0.2, 0.25) is 5.91 Å². The Labute approximate surface area is 123 Å². The first-order valence-electron chi connectivity index (χ1n) is 6.76. The van der Waals surface area contributed by atoms with Crippen molar-refractivity contribution in [3.8, 4) is 0 Å². The van der Waals surface area contributed by atoms with Crippen LogP contribution < -0.4 is 11.1 Å². The minimum atomic E-state index is 0.0859. The molecule has 1 unspecified atom stereocenters. The summed E-state index contributed by atoms with van der Waals surface area (Å²) < 4.78 is 0.828. The number of hydrogen-bond acceptors (Lipinski definition) is 2. The van der Waals surface area contributed by atoms with Gasteiger partial charge in [0.15, 0.2) is 0 Å². The standard InChI is InChI=1S/C15H21BrN2O/c1-15(2)8-4-3-5-11(15)14(19)18-13-7-6-10(17)9-12(13)16/h6-7,9,11H,3-5,8,17H2,1-2H3,(H,18,19). The van der Waals surface area contributed by atoms with E-state index in [-0.39, 0.29) is 17.2 Å². The zero-order valence-electron chi connectivity index (χ0n) is 11.5. The molecule has 0 aliphatic heterocycles. The second kappa shape index (κ2) is 5.53. The van der Waals surface area contributed by atoms with Crippen molar-refractivity contribution in [1.29, 1.82) is 0 Å². The van der Waals surface area contributed by atoms with Crippen molar-refractivity contribution in [3.63, 3.8) is 0 Å². The van der Waals surface area contributed by atoms with Crippen LogP contribution in [0.4, 0.5) is 11.4 Å². The Kier molecular flexibility index (Phi) is 4.19. The quantitative estimate of drug-likeness (QED) is 0.801. The number of hydrogen-bond donors (Lipinski definition) is 2. The first-order valence-corrected chi connectivity index (χ1v) is 7.55. The van der Waals surface area contributed by atoms with E-state index < -0.39 is 0 Å². The number of rotatable bonds is 2. The fourth-order valence-electron chi connectivity index (χ4n) is 2.83. The van der Waals surface area contributed by atoms with E-state index in [1.807, 2.05) is 12.1 Å². The Morgan fingerprint density at radius 3 is 2.79 bits per heavy atom. The van der Waals surface area contributed by atoms with E-state index in [1.54, 1.807) is 6.07 Å². The number of carbonyl (C=O) groups excluding carboxylic acids is 1. The van der Waals surface area contributed by atoms with Crippen LogP contribution in [0.15, 0.2) is 22.7 Å². The van der Waals surface area contributed by atoms with Crippen molar-refractivity contribution in [2.45, 2.75) is 39.5 Å². The van der Waals surface area contributed by atoms with Crippen LogP contribution in [-0.4, -0.2) is 5.91 Å². The monoisotopic (exact) mass is 324 g/mol. The van der Waals surface area contributed by atoms with Crippen molar-refractivity contribution in [2.75, 3.05) is 11.1 Å². The molecule has 0 radical (unpaired) electrons. The van der Waals surface area contributed by atoms with E-state index in [9.17, 15) is 4.79 Å². The Morgan fingerprint density at radius 2 is 2.16 bits per heavy atom. The fraction of sp³-hybridized carbons (Fsp3) is 0.533. The summed E-state index contributed by atoms with van der Waals surface area (Å²) in [6, 6.07) is 5.45. The molecule has 104 valence electrons. The van der Waals surface area contributed by atoms with Gasteiger partial charge in [-0.25, -0.2) is 0 Å². The number of benzene rings is 1. The molecular formula is C15H21BrN2O. The van der Waals surface area contributed by atoms with E-state index in [1.165, 1.54) is 6.42 Å². The van der Waals surface area contributed by atoms with Crippen molar-refractivity contribution >= 4 is 33.2 Å². The summed E-state index contributed by atoms with van der Waals surface area (Å²) in [6.45, 7) is 4.38.